The summed E-state index contributed by atoms with van der Waals surface area (Å²) >= 11 is 0. The number of benzene rings is 1. The molecule has 4 rings (SSSR count). The number of halogens is 2. The van der Waals surface area contributed by atoms with Gasteiger partial charge < -0.3 is 19.9 Å². The van der Waals surface area contributed by atoms with Crippen LogP contribution in [0.2, 0.25) is 0 Å². The quantitative estimate of drug-likeness (QED) is 0.813. The summed E-state index contributed by atoms with van der Waals surface area (Å²) in [6.45, 7) is 2.45. The highest BCUT2D eigenvalue weighted by molar-refractivity contribution is 6.00. The maximum absolute atomic E-state index is 13.8. The van der Waals surface area contributed by atoms with Crippen LogP contribution >= 0.6 is 0 Å². The molecule has 3 heterocycles. The van der Waals surface area contributed by atoms with E-state index in [4.69, 9.17) is 0 Å². The second-order valence-electron chi connectivity index (χ2n) is 7.17. The number of nitrogens with one attached hydrogen (secondary N) is 1. The molecule has 0 unspecified atom stereocenters. The summed E-state index contributed by atoms with van der Waals surface area (Å²) in [5.74, 6) is -3.51. The molecule has 0 saturated carbocycles. The predicted octanol–water partition coefficient (Wildman–Crippen LogP) is 1.73. The monoisotopic (exact) mass is 403 g/mol. The molecule has 2 aliphatic rings. The zero-order valence-electron chi connectivity index (χ0n) is 15.7. The first-order chi connectivity index (χ1) is 13.8. The van der Waals surface area contributed by atoms with E-state index in [-0.39, 0.29) is 29.4 Å². The Morgan fingerprint density at radius 2 is 2.07 bits per heavy atom. The van der Waals surface area contributed by atoms with Crippen molar-refractivity contribution >= 4 is 11.8 Å². The van der Waals surface area contributed by atoms with Crippen molar-refractivity contribution in [2.75, 3.05) is 13.1 Å². The van der Waals surface area contributed by atoms with Gasteiger partial charge in [-0.1, -0.05) is 6.07 Å². The number of hydrogen-bond donors (Lipinski definition) is 2. The molecule has 0 fully saturated rings. The van der Waals surface area contributed by atoms with Gasteiger partial charge in [-0.3, -0.25) is 14.4 Å². The van der Waals surface area contributed by atoms with Gasteiger partial charge in [0.15, 0.2) is 11.4 Å². The van der Waals surface area contributed by atoms with Gasteiger partial charge in [0.1, 0.15) is 17.2 Å². The molecule has 1 aromatic heterocycles. The van der Waals surface area contributed by atoms with E-state index in [2.05, 4.69) is 5.32 Å². The molecule has 2 N–H and O–H groups in total. The second-order valence-corrected chi connectivity index (χ2v) is 7.17. The highest BCUT2D eigenvalue weighted by Crippen LogP contribution is 2.36. The van der Waals surface area contributed by atoms with Crippen LogP contribution in [0.4, 0.5) is 8.78 Å². The average molecular weight is 403 g/mol. The molecule has 0 aliphatic carbocycles. The highest BCUT2D eigenvalue weighted by atomic mass is 19.1. The van der Waals surface area contributed by atoms with Gasteiger partial charge in [0.25, 0.3) is 11.8 Å². The fourth-order valence-electron chi connectivity index (χ4n) is 4.11. The summed E-state index contributed by atoms with van der Waals surface area (Å²) in [4.78, 5) is 39.7. The topological polar surface area (TPSA) is 91.6 Å². The van der Waals surface area contributed by atoms with Crippen molar-refractivity contribution in [1.82, 2.24) is 14.8 Å². The molecule has 29 heavy (non-hydrogen) atoms. The summed E-state index contributed by atoms with van der Waals surface area (Å²) in [6, 6.07) is 2.86. The summed E-state index contributed by atoms with van der Waals surface area (Å²) in [5, 5.41) is 12.9. The van der Waals surface area contributed by atoms with Gasteiger partial charge in [0, 0.05) is 37.0 Å². The molecule has 7 nitrogen and oxygen atoms in total. The molecule has 0 radical (unpaired) electrons. The minimum absolute atomic E-state index is 0.0603. The van der Waals surface area contributed by atoms with E-state index in [0.29, 0.717) is 37.7 Å². The van der Waals surface area contributed by atoms with Gasteiger partial charge in [-0.25, -0.2) is 8.78 Å². The Balaban J connectivity index is 1.71. The lowest BCUT2D eigenvalue weighted by atomic mass is 10.1. The Labute approximate surface area is 164 Å². The summed E-state index contributed by atoms with van der Waals surface area (Å²) < 4.78 is 28.4. The van der Waals surface area contributed by atoms with Crippen LogP contribution in [0.5, 0.6) is 5.75 Å². The third-order valence-corrected chi connectivity index (χ3v) is 5.55. The molecule has 152 valence electrons. The molecule has 2 aromatic rings. The zero-order valence-corrected chi connectivity index (χ0v) is 15.7. The third-order valence-electron chi connectivity index (χ3n) is 5.55. The van der Waals surface area contributed by atoms with E-state index in [1.54, 1.807) is 9.47 Å². The minimum Gasteiger partial charge on any atom is -0.503 e. The molecule has 9 heteroatoms. The zero-order chi connectivity index (χ0) is 20.9. The second kappa shape index (κ2) is 6.98. The van der Waals surface area contributed by atoms with Crippen molar-refractivity contribution in [3.8, 4) is 5.75 Å². The van der Waals surface area contributed by atoms with E-state index in [1.165, 1.54) is 6.07 Å². The maximum atomic E-state index is 13.8. The minimum atomic E-state index is -0.921. The van der Waals surface area contributed by atoms with Crippen molar-refractivity contribution in [3.05, 3.63) is 62.6 Å². The fraction of sp³-hybridized carbons (Fsp3) is 0.350. The number of rotatable bonds is 4. The fourth-order valence-corrected chi connectivity index (χ4v) is 4.11. The summed E-state index contributed by atoms with van der Waals surface area (Å²) in [6.07, 6.45) is 1.04. The van der Waals surface area contributed by atoms with Crippen molar-refractivity contribution in [3.63, 3.8) is 0 Å². The van der Waals surface area contributed by atoms with Crippen LogP contribution < -0.4 is 10.7 Å². The predicted molar refractivity (Wildman–Crippen MR) is 98.8 cm³/mol. The molecule has 0 bridgehead atoms. The Morgan fingerprint density at radius 1 is 1.31 bits per heavy atom. The number of amides is 2. The largest absolute Gasteiger partial charge is 0.503 e. The van der Waals surface area contributed by atoms with E-state index in [9.17, 15) is 28.3 Å². The first-order valence-electron chi connectivity index (χ1n) is 9.35. The summed E-state index contributed by atoms with van der Waals surface area (Å²) in [7, 11) is 0. The van der Waals surface area contributed by atoms with Crippen LogP contribution in [0.15, 0.2) is 23.0 Å². The molecule has 0 saturated heterocycles. The Hall–Kier alpha value is -3.23. The highest BCUT2D eigenvalue weighted by Gasteiger charge is 2.40. The van der Waals surface area contributed by atoms with E-state index < -0.39 is 34.6 Å². The number of nitrogens with zero attached hydrogens (tertiary/aromatic N) is 2. The molecular weight excluding hydrogens is 384 g/mol. The lowest BCUT2D eigenvalue weighted by Gasteiger charge is -2.34. The molecule has 0 spiro atoms. The number of hydrogen-bond acceptors (Lipinski definition) is 4. The van der Waals surface area contributed by atoms with Gasteiger partial charge in [0.2, 0.25) is 5.43 Å². The van der Waals surface area contributed by atoms with Crippen LogP contribution in [0.1, 0.15) is 51.5 Å². The van der Waals surface area contributed by atoms with Gasteiger partial charge in [-0.15, -0.1) is 0 Å². The molecule has 1 aromatic carbocycles. The molecule has 2 amide bonds. The van der Waals surface area contributed by atoms with E-state index >= 15 is 0 Å². The van der Waals surface area contributed by atoms with E-state index in [1.807, 2.05) is 6.92 Å². The number of pyridine rings is 1. The first-order valence-corrected chi connectivity index (χ1v) is 9.35. The first kappa shape index (κ1) is 19.1. The smallest absolute Gasteiger partial charge is 0.274 e. The van der Waals surface area contributed by atoms with Gasteiger partial charge in [-0.2, -0.15) is 0 Å². The molecular formula is C20H19F2N3O4. The lowest BCUT2D eigenvalue weighted by Crippen LogP contribution is -2.44. The number of carbonyl (C=O) groups excluding carboxylic acids is 2. The number of likely N-dealkylation sites (N-methyl/N-ethyl adjacent to an activating group) is 1. The van der Waals surface area contributed by atoms with Crippen molar-refractivity contribution < 1.29 is 23.5 Å². The average Bonchev–Trinajstić information content (AvgIpc) is 3.09. The Bertz CT molecular complexity index is 1100. The number of aromatic nitrogens is 1. The molecule has 2 aliphatic heterocycles. The SMILES string of the molecule is CCN1C[C@H]2CCc3c(C(=O)NCc4ccc(F)cc4F)c(=O)c(O)c(n32)C1=O. The van der Waals surface area contributed by atoms with Crippen LogP contribution in [0, 0.1) is 11.6 Å². The van der Waals surface area contributed by atoms with Crippen LogP contribution in [0.25, 0.3) is 0 Å². The van der Waals surface area contributed by atoms with Crippen molar-refractivity contribution in [2.45, 2.75) is 32.4 Å². The van der Waals surface area contributed by atoms with Gasteiger partial charge in [-0.05, 0) is 25.8 Å². The maximum Gasteiger partial charge on any atom is 0.274 e. The lowest BCUT2D eigenvalue weighted by molar-refractivity contribution is 0.0676. The van der Waals surface area contributed by atoms with E-state index in [0.717, 1.165) is 6.07 Å². The van der Waals surface area contributed by atoms with Crippen LogP contribution in [-0.2, 0) is 13.0 Å². The standard InChI is InChI=1S/C20H19F2N3O4/c1-2-24-9-12-5-6-14-15(17(26)18(27)16(20(24)29)25(12)14)19(28)23-8-10-3-4-11(21)7-13(10)22/h3-4,7,12,27H,2,5-6,8-9H2,1H3,(H,23,28)/t12-/m1/s1. The van der Waals surface area contributed by atoms with Gasteiger partial charge >= 0.3 is 0 Å². The van der Waals surface area contributed by atoms with Crippen LogP contribution in [-0.4, -0.2) is 39.5 Å². The normalized spacial score (nSPS) is 17.4. The van der Waals surface area contributed by atoms with Crippen LogP contribution in [0.3, 0.4) is 0 Å². The number of aromatic hydroxyl groups is 1. The van der Waals surface area contributed by atoms with Crippen molar-refractivity contribution in [1.29, 1.82) is 0 Å². The third kappa shape index (κ3) is 2.97. The van der Waals surface area contributed by atoms with Crippen molar-refractivity contribution in [2.24, 2.45) is 0 Å². The summed E-state index contributed by atoms with van der Waals surface area (Å²) in [5.41, 5.74) is -0.787. The Morgan fingerprint density at radius 3 is 2.76 bits per heavy atom. The Kier molecular flexibility index (Phi) is 4.60. The number of carbonyl (C=O) groups is 2. The van der Waals surface area contributed by atoms with Gasteiger partial charge in [0.05, 0.1) is 6.04 Å². The molecule has 1 atom stereocenters.